The van der Waals surface area contributed by atoms with E-state index in [1.165, 1.54) is 20.8 Å². The molecule has 0 saturated carbocycles. The molecule has 0 fully saturated rings. The van der Waals surface area contributed by atoms with E-state index in [4.69, 9.17) is 4.74 Å². The molecule has 0 aliphatic carbocycles. The van der Waals surface area contributed by atoms with Gasteiger partial charge in [0.05, 0.1) is 7.11 Å². The van der Waals surface area contributed by atoms with Crippen LogP contribution in [-0.2, 0) is 15.7 Å². The van der Waals surface area contributed by atoms with E-state index in [1.54, 1.807) is 0 Å². The molecule has 0 aliphatic heterocycles. The Kier molecular flexibility index (Phi) is 4.16. The van der Waals surface area contributed by atoms with Crippen molar-refractivity contribution < 1.29 is 36.7 Å². The predicted molar refractivity (Wildman–Crippen MR) is 60.2 cm³/mol. The van der Waals surface area contributed by atoms with Crippen molar-refractivity contribution in [2.75, 3.05) is 7.11 Å². The zero-order valence-electron chi connectivity index (χ0n) is 11.3. The van der Waals surface area contributed by atoms with E-state index in [-0.39, 0.29) is 0 Å². The van der Waals surface area contributed by atoms with E-state index in [9.17, 15) is 22.8 Å². The van der Waals surface area contributed by atoms with Crippen LogP contribution in [-0.4, -0.2) is 24.6 Å². The van der Waals surface area contributed by atoms with E-state index < -0.39 is 40.8 Å². The molecule has 5 nitrogen and oxygen atoms in total. The van der Waals surface area contributed by atoms with E-state index in [1.807, 2.05) is 0 Å². The summed E-state index contributed by atoms with van der Waals surface area (Å²) >= 11 is 0. The van der Waals surface area contributed by atoms with Crippen molar-refractivity contribution >= 4 is 11.9 Å². The van der Waals surface area contributed by atoms with Crippen molar-refractivity contribution in [3.05, 3.63) is 23.2 Å². The maximum absolute atomic E-state index is 12.8. The molecule has 0 amide bonds. The summed E-state index contributed by atoms with van der Waals surface area (Å²) in [5, 5.41) is 0. The molecule has 0 radical (unpaired) electrons. The predicted octanol–water partition coefficient (Wildman–Crippen LogP) is 3.04. The number of alkyl halides is 3. The van der Waals surface area contributed by atoms with Gasteiger partial charge in [-0.2, -0.15) is 13.2 Å². The van der Waals surface area contributed by atoms with Gasteiger partial charge in [-0.15, -0.1) is 0 Å². The van der Waals surface area contributed by atoms with Crippen LogP contribution in [0.5, 0.6) is 0 Å². The Balaban J connectivity index is 3.26. The lowest BCUT2D eigenvalue weighted by Gasteiger charge is -2.19. The number of carbonyl (C=O) groups excluding carboxylic acids is 2. The van der Waals surface area contributed by atoms with Crippen LogP contribution in [0, 0.1) is 0 Å². The summed E-state index contributed by atoms with van der Waals surface area (Å²) in [5.74, 6) is -4.66. The van der Waals surface area contributed by atoms with Gasteiger partial charge in [0.2, 0.25) is 11.5 Å². The number of ether oxygens (including phenoxy) is 2. The second kappa shape index (κ2) is 5.18. The molecule has 0 N–H and O–H groups in total. The molecule has 0 aromatic carbocycles. The number of hydrogen-bond acceptors (Lipinski definition) is 5. The second-order valence-corrected chi connectivity index (χ2v) is 4.84. The molecule has 8 heteroatoms. The Labute approximate surface area is 112 Å². The van der Waals surface area contributed by atoms with E-state index in [0.29, 0.717) is 6.07 Å². The van der Waals surface area contributed by atoms with Crippen molar-refractivity contribution in [2.24, 2.45) is 0 Å². The first kappa shape index (κ1) is 16.1. The SMILES string of the molecule is COC(=O)c1cc(C(=O)OC(C)(C)C)c(C(F)(F)F)o1. The maximum Gasteiger partial charge on any atom is 0.450 e. The fourth-order valence-corrected chi connectivity index (χ4v) is 1.29. The normalized spacial score (nSPS) is 12.2. The van der Waals surface area contributed by atoms with E-state index in [0.717, 1.165) is 7.11 Å². The molecule has 112 valence electrons. The largest absolute Gasteiger partial charge is 0.463 e. The fraction of sp³-hybridized carbons (Fsp3) is 0.500. The minimum atomic E-state index is -4.93. The van der Waals surface area contributed by atoms with Crippen LogP contribution < -0.4 is 0 Å². The van der Waals surface area contributed by atoms with Crippen molar-refractivity contribution in [1.82, 2.24) is 0 Å². The first-order chi connectivity index (χ1) is 8.95. The van der Waals surface area contributed by atoms with E-state index in [2.05, 4.69) is 9.15 Å². The van der Waals surface area contributed by atoms with Crippen molar-refractivity contribution in [2.45, 2.75) is 32.5 Å². The molecule has 0 bridgehead atoms. The second-order valence-electron chi connectivity index (χ2n) is 4.84. The molecule has 1 aromatic heterocycles. The minimum absolute atomic E-state index is 0.655. The summed E-state index contributed by atoms with van der Waals surface area (Å²) in [5.41, 5.74) is -1.85. The molecule has 1 rings (SSSR count). The van der Waals surface area contributed by atoms with Gasteiger partial charge in [-0.3, -0.25) is 0 Å². The van der Waals surface area contributed by atoms with Crippen LogP contribution in [0.15, 0.2) is 10.5 Å². The molecule has 0 aliphatic rings. The van der Waals surface area contributed by atoms with Crippen LogP contribution >= 0.6 is 0 Å². The summed E-state index contributed by atoms with van der Waals surface area (Å²) < 4.78 is 51.8. The number of methoxy groups -OCH3 is 1. The van der Waals surface area contributed by atoms with Crippen molar-refractivity contribution in [3.8, 4) is 0 Å². The lowest BCUT2D eigenvalue weighted by atomic mass is 10.1. The number of halogens is 3. The van der Waals surface area contributed by atoms with Crippen LogP contribution in [0.25, 0.3) is 0 Å². The molecule has 0 unspecified atom stereocenters. The minimum Gasteiger partial charge on any atom is -0.463 e. The number of carbonyl (C=O) groups is 2. The van der Waals surface area contributed by atoms with Gasteiger partial charge in [-0.1, -0.05) is 0 Å². The summed E-state index contributed by atoms with van der Waals surface area (Å²) in [6.07, 6.45) is -4.93. The molecule has 1 aromatic rings. The van der Waals surface area contributed by atoms with Gasteiger partial charge >= 0.3 is 18.1 Å². The van der Waals surface area contributed by atoms with Gasteiger partial charge in [0.25, 0.3) is 0 Å². The number of hydrogen-bond donors (Lipinski definition) is 0. The fourth-order valence-electron chi connectivity index (χ4n) is 1.29. The van der Waals surface area contributed by atoms with Crippen LogP contribution in [0.4, 0.5) is 13.2 Å². The standard InChI is InChI=1S/C12H13F3O5/c1-11(2,3)20-9(16)6-5-7(10(17)18-4)19-8(6)12(13,14)15/h5H,1-4H3. The van der Waals surface area contributed by atoms with Crippen LogP contribution in [0.2, 0.25) is 0 Å². The molecule has 20 heavy (non-hydrogen) atoms. The zero-order chi connectivity index (χ0) is 15.7. The van der Waals surface area contributed by atoms with Gasteiger partial charge in [-0.05, 0) is 20.8 Å². The first-order valence-corrected chi connectivity index (χ1v) is 5.48. The van der Waals surface area contributed by atoms with Gasteiger partial charge in [0, 0.05) is 6.07 Å². The highest BCUT2D eigenvalue weighted by atomic mass is 19.4. The molecule has 1 heterocycles. The van der Waals surface area contributed by atoms with E-state index >= 15 is 0 Å². The zero-order valence-corrected chi connectivity index (χ0v) is 11.3. The number of esters is 2. The van der Waals surface area contributed by atoms with Crippen molar-refractivity contribution in [1.29, 1.82) is 0 Å². The topological polar surface area (TPSA) is 65.7 Å². The summed E-state index contributed by atoms with van der Waals surface area (Å²) in [6, 6.07) is 0.655. The maximum atomic E-state index is 12.8. The third kappa shape index (κ3) is 3.75. The first-order valence-electron chi connectivity index (χ1n) is 5.48. The van der Waals surface area contributed by atoms with Crippen molar-refractivity contribution in [3.63, 3.8) is 0 Å². The monoisotopic (exact) mass is 294 g/mol. The molecule has 0 saturated heterocycles. The summed E-state index contributed by atoms with van der Waals surface area (Å²) in [6.45, 7) is 4.50. The smallest absolute Gasteiger partial charge is 0.450 e. The Hall–Kier alpha value is -1.99. The summed E-state index contributed by atoms with van der Waals surface area (Å²) in [7, 11) is 0.977. The molecular weight excluding hydrogens is 281 g/mol. The van der Waals surface area contributed by atoms with Gasteiger partial charge in [0.15, 0.2) is 0 Å². The Morgan fingerprint density at radius 3 is 2.10 bits per heavy atom. The Morgan fingerprint density at radius 1 is 1.15 bits per heavy atom. The quantitative estimate of drug-likeness (QED) is 0.784. The number of rotatable bonds is 2. The number of furan rings is 1. The van der Waals surface area contributed by atoms with Gasteiger partial charge in [0.1, 0.15) is 11.2 Å². The summed E-state index contributed by atoms with van der Waals surface area (Å²) in [4.78, 5) is 22.9. The third-order valence-electron chi connectivity index (χ3n) is 1.99. The van der Waals surface area contributed by atoms with Gasteiger partial charge in [-0.25, -0.2) is 9.59 Å². The average Bonchev–Trinajstić information content (AvgIpc) is 2.70. The highest BCUT2D eigenvalue weighted by molar-refractivity contribution is 5.95. The van der Waals surface area contributed by atoms with Crippen LogP contribution in [0.1, 0.15) is 47.4 Å². The Morgan fingerprint density at radius 2 is 1.70 bits per heavy atom. The lowest BCUT2D eigenvalue weighted by molar-refractivity contribution is -0.154. The lowest BCUT2D eigenvalue weighted by Crippen LogP contribution is -2.25. The van der Waals surface area contributed by atoms with Crippen LogP contribution in [0.3, 0.4) is 0 Å². The molecule has 0 spiro atoms. The average molecular weight is 294 g/mol. The Bertz CT molecular complexity index is 522. The molecular formula is C12H13F3O5. The highest BCUT2D eigenvalue weighted by Gasteiger charge is 2.42. The van der Waals surface area contributed by atoms with Gasteiger partial charge < -0.3 is 13.9 Å². The highest BCUT2D eigenvalue weighted by Crippen LogP contribution is 2.35. The third-order valence-corrected chi connectivity index (χ3v) is 1.99. The molecule has 0 atom stereocenters.